The maximum atomic E-state index is 10.6. The summed E-state index contributed by atoms with van der Waals surface area (Å²) < 4.78 is 1.09. The van der Waals surface area contributed by atoms with Crippen LogP contribution in [-0.2, 0) is 0 Å². The number of pyridine rings is 2. The van der Waals surface area contributed by atoms with Gasteiger partial charge in [-0.25, -0.2) is 9.97 Å². The highest BCUT2D eigenvalue weighted by atomic mass is 32.1. The molecule has 0 bridgehead atoms. The van der Waals surface area contributed by atoms with Crippen molar-refractivity contribution in [1.82, 2.24) is 15.0 Å². The van der Waals surface area contributed by atoms with E-state index >= 15 is 0 Å². The Labute approximate surface area is 201 Å². The quantitative estimate of drug-likeness (QED) is 0.285. The number of anilines is 3. The van der Waals surface area contributed by atoms with E-state index in [0.717, 1.165) is 37.9 Å². The van der Waals surface area contributed by atoms with E-state index in [1.807, 2.05) is 56.3 Å². The van der Waals surface area contributed by atoms with Crippen molar-refractivity contribution in [2.24, 2.45) is 5.92 Å². The Morgan fingerprint density at radius 1 is 1.03 bits per heavy atom. The molecule has 4 aromatic rings. The van der Waals surface area contributed by atoms with Gasteiger partial charge in [-0.3, -0.25) is 4.98 Å². The molecular formula is C25H27N5O3S. The summed E-state index contributed by atoms with van der Waals surface area (Å²) in [6.45, 7) is 3.69. The molecule has 4 atom stereocenters. The van der Waals surface area contributed by atoms with Gasteiger partial charge in [0.1, 0.15) is 11.1 Å². The van der Waals surface area contributed by atoms with Gasteiger partial charge in [-0.05, 0) is 50.6 Å². The lowest BCUT2D eigenvalue weighted by Crippen LogP contribution is -2.35. The molecule has 0 spiro atoms. The number of nitrogens with zero attached hydrogens (tertiary/aromatic N) is 3. The molecule has 3 heterocycles. The number of para-hydroxylation sites is 1. The number of hydrogen-bond acceptors (Lipinski definition) is 9. The molecule has 9 heteroatoms. The SMILES string of the molecule is Cc1cc(Nc2ncc(-c3nc4ccccc4s3)cc2N[C@@H]2C[C@H](CO)[C@@H](O)[C@H]2O)cc(C)n1. The molecule has 1 saturated carbocycles. The summed E-state index contributed by atoms with van der Waals surface area (Å²) in [6, 6.07) is 13.4. The molecule has 1 aromatic carbocycles. The molecule has 5 N–H and O–H groups in total. The largest absolute Gasteiger partial charge is 0.396 e. The van der Waals surface area contributed by atoms with Gasteiger partial charge < -0.3 is 26.0 Å². The van der Waals surface area contributed by atoms with Crippen LogP contribution in [0.5, 0.6) is 0 Å². The first-order valence-corrected chi connectivity index (χ1v) is 12.0. The van der Waals surface area contributed by atoms with Crippen LogP contribution in [0.1, 0.15) is 17.8 Å². The van der Waals surface area contributed by atoms with Crippen LogP contribution in [0.25, 0.3) is 20.8 Å². The molecule has 0 unspecified atom stereocenters. The van der Waals surface area contributed by atoms with Crippen molar-refractivity contribution in [1.29, 1.82) is 0 Å². The molecule has 0 saturated heterocycles. The fourth-order valence-corrected chi connectivity index (χ4v) is 5.43. The number of benzene rings is 1. The van der Waals surface area contributed by atoms with Crippen molar-refractivity contribution in [3.63, 3.8) is 0 Å². The summed E-state index contributed by atoms with van der Waals surface area (Å²) in [5, 5.41) is 38.0. The Kier molecular flexibility index (Phi) is 6.18. The van der Waals surface area contributed by atoms with Crippen LogP contribution in [0, 0.1) is 19.8 Å². The third kappa shape index (κ3) is 4.47. The highest BCUT2D eigenvalue weighted by Gasteiger charge is 2.41. The number of aromatic nitrogens is 3. The van der Waals surface area contributed by atoms with Gasteiger partial charge in [0.05, 0.1) is 28.0 Å². The zero-order chi connectivity index (χ0) is 23.8. The second-order valence-corrected chi connectivity index (χ2v) is 9.81. The zero-order valence-corrected chi connectivity index (χ0v) is 19.8. The minimum absolute atomic E-state index is 0.179. The van der Waals surface area contributed by atoms with E-state index < -0.39 is 18.2 Å². The van der Waals surface area contributed by atoms with Gasteiger partial charge in [0.2, 0.25) is 0 Å². The summed E-state index contributed by atoms with van der Waals surface area (Å²) in [5.74, 6) is 0.207. The Balaban J connectivity index is 1.52. The van der Waals surface area contributed by atoms with Crippen molar-refractivity contribution in [2.45, 2.75) is 38.5 Å². The lowest BCUT2D eigenvalue weighted by atomic mass is 10.1. The van der Waals surface area contributed by atoms with E-state index in [2.05, 4.69) is 20.6 Å². The second-order valence-electron chi connectivity index (χ2n) is 8.78. The van der Waals surface area contributed by atoms with E-state index in [1.54, 1.807) is 17.5 Å². The fourth-order valence-electron chi connectivity index (χ4n) is 4.48. The Bertz CT molecular complexity index is 1270. The van der Waals surface area contributed by atoms with Gasteiger partial charge in [-0.2, -0.15) is 0 Å². The predicted molar refractivity (Wildman–Crippen MR) is 134 cm³/mol. The molecule has 8 nitrogen and oxygen atoms in total. The average Bonchev–Trinajstić information content (AvgIpc) is 3.36. The lowest BCUT2D eigenvalue weighted by molar-refractivity contribution is 0.00448. The summed E-state index contributed by atoms with van der Waals surface area (Å²) in [7, 11) is 0. The molecule has 5 rings (SSSR count). The Hall–Kier alpha value is -3.11. The number of fused-ring (bicyclic) bond motifs is 1. The summed E-state index contributed by atoms with van der Waals surface area (Å²) in [6.07, 6.45) is 0.242. The third-order valence-electron chi connectivity index (χ3n) is 6.15. The van der Waals surface area contributed by atoms with Crippen LogP contribution in [-0.4, -0.2) is 55.1 Å². The van der Waals surface area contributed by atoms with Crippen LogP contribution < -0.4 is 10.6 Å². The van der Waals surface area contributed by atoms with Crippen molar-refractivity contribution in [2.75, 3.05) is 17.2 Å². The van der Waals surface area contributed by atoms with E-state index in [-0.39, 0.29) is 12.5 Å². The molecule has 176 valence electrons. The number of hydrogen-bond donors (Lipinski definition) is 5. The molecule has 0 amide bonds. The molecule has 0 aliphatic heterocycles. The number of rotatable bonds is 6. The molecule has 1 aliphatic carbocycles. The van der Waals surface area contributed by atoms with Gasteiger partial charge in [0.25, 0.3) is 0 Å². The van der Waals surface area contributed by atoms with Crippen LogP contribution in [0.3, 0.4) is 0 Å². The summed E-state index contributed by atoms with van der Waals surface area (Å²) >= 11 is 1.59. The number of aliphatic hydroxyl groups excluding tert-OH is 3. The molecule has 1 fully saturated rings. The van der Waals surface area contributed by atoms with Crippen LogP contribution >= 0.6 is 11.3 Å². The van der Waals surface area contributed by atoms with Crippen LogP contribution in [0.4, 0.5) is 17.2 Å². The van der Waals surface area contributed by atoms with Gasteiger partial charge in [-0.1, -0.05) is 12.1 Å². The first kappa shape index (κ1) is 22.7. The topological polar surface area (TPSA) is 123 Å². The van der Waals surface area contributed by atoms with E-state index in [1.165, 1.54) is 0 Å². The highest BCUT2D eigenvalue weighted by molar-refractivity contribution is 7.21. The molecular weight excluding hydrogens is 450 g/mol. The van der Waals surface area contributed by atoms with Crippen molar-refractivity contribution in [3.05, 3.63) is 60.0 Å². The minimum Gasteiger partial charge on any atom is -0.396 e. The number of aryl methyl sites for hydroxylation is 2. The highest BCUT2D eigenvalue weighted by Crippen LogP contribution is 2.36. The molecule has 34 heavy (non-hydrogen) atoms. The predicted octanol–water partition coefficient (Wildman–Crippen LogP) is 3.63. The summed E-state index contributed by atoms with van der Waals surface area (Å²) in [5.41, 5.74) is 5.10. The monoisotopic (exact) mass is 477 g/mol. The maximum Gasteiger partial charge on any atom is 0.153 e. The van der Waals surface area contributed by atoms with E-state index in [4.69, 9.17) is 4.98 Å². The average molecular weight is 478 g/mol. The molecule has 3 aromatic heterocycles. The van der Waals surface area contributed by atoms with Crippen LogP contribution in [0.2, 0.25) is 0 Å². The number of thiazole rings is 1. The van der Waals surface area contributed by atoms with Crippen molar-refractivity contribution < 1.29 is 15.3 Å². The standard InChI is InChI=1S/C25H27N5O3S/c1-13-7-17(8-14(2)27-13)28-24-20(29-19-10-16(12-31)22(32)23(19)33)9-15(11-26-24)25-30-18-5-3-4-6-21(18)34-25/h3-9,11,16,19,22-23,29,31-33H,10,12H2,1-2H3,(H,26,27,28)/t16-,19-,22-,23+/m1/s1. The summed E-state index contributed by atoms with van der Waals surface area (Å²) in [4.78, 5) is 13.9. The maximum absolute atomic E-state index is 10.6. The van der Waals surface area contributed by atoms with Crippen molar-refractivity contribution in [3.8, 4) is 10.6 Å². The second kappa shape index (κ2) is 9.27. The number of aliphatic hydroxyl groups is 3. The fraction of sp³-hybridized carbons (Fsp3) is 0.320. The van der Waals surface area contributed by atoms with Crippen LogP contribution in [0.15, 0.2) is 48.7 Å². The molecule has 0 radical (unpaired) electrons. The van der Waals surface area contributed by atoms with Gasteiger partial charge in [-0.15, -0.1) is 11.3 Å². The first-order valence-electron chi connectivity index (χ1n) is 11.2. The first-order chi connectivity index (χ1) is 16.4. The van der Waals surface area contributed by atoms with E-state index in [0.29, 0.717) is 17.9 Å². The van der Waals surface area contributed by atoms with Gasteiger partial charge >= 0.3 is 0 Å². The van der Waals surface area contributed by atoms with Crippen molar-refractivity contribution >= 4 is 38.7 Å². The Morgan fingerprint density at radius 3 is 2.50 bits per heavy atom. The third-order valence-corrected chi connectivity index (χ3v) is 7.24. The number of nitrogens with one attached hydrogen (secondary N) is 2. The Morgan fingerprint density at radius 2 is 1.79 bits per heavy atom. The minimum atomic E-state index is -0.999. The molecule has 1 aliphatic rings. The smallest absolute Gasteiger partial charge is 0.153 e. The van der Waals surface area contributed by atoms with E-state index in [9.17, 15) is 15.3 Å². The lowest BCUT2D eigenvalue weighted by Gasteiger charge is -2.21. The van der Waals surface area contributed by atoms with Gasteiger partial charge in [0, 0.05) is 41.4 Å². The van der Waals surface area contributed by atoms with Gasteiger partial charge in [0.15, 0.2) is 5.82 Å². The normalized spacial score (nSPS) is 22.3. The zero-order valence-electron chi connectivity index (χ0n) is 18.9.